The van der Waals surface area contributed by atoms with Gasteiger partial charge in [-0.15, -0.1) is 0 Å². The molecule has 0 aliphatic carbocycles. The van der Waals surface area contributed by atoms with Crippen molar-refractivity contribution in [1.29, 1.82) is 0 Å². The number of ether oxygens (including phenoxy) is 3. The molecule has 0 amide bonds. The van der Waals surface area contributed by atoms with E-state index in [4.69, 9.17) is 14.2 Å². The van der Waals surface area contributed by atoms with Crippen molar-refractivity contribution in [3.63, 3.8) is 0 Å². The number of hydrogen-bond acceptors (Lipinski definition) is 6. The summed E-state index contributed by atoms with van der Waals surface area (Å²) in [6, 6.07) is 0. The minimum Gasteiger partial charge on any atom is -0.462 e. The molecule has 0 bridgehead atoms. The molecule has 0 aromatic rings. The van der Waals surface area contributed by atoms with Crippen molar-refractivity contribution in [2.24, 2.45) is 0 Å². The van der Waals surface area contributed by atoms with Gasteiger partial charge in [0, 0.05) is 19.3 Å². The summed E-state index contributed by atoms with van der Waals surface area (Å²) in [5.74, 6) is -0.869. The minimum atomic E-state index is -0.778. The van der Waals surface area contributed by atoms with Crippen molar-refractivity contribution in [3.05, 3.63) is 97.2 Å². The Kier molecular flexibility index (Phi) is 65.7. The van der Waals surface area contributed by atoms with E-state index >= 15 is 0 Å². The van der Waals surface area contributed by atoms with Crippen LogP contribution in [0.3, 0.4) is 0 Å². The number of carbonyl (C=O) groups excluding carboxylic acids is 3. The molecule has 1 atom stereocenters. The Morgan fingerprint density at radius 1 is 0.259 bits per heavy atom. The highest BCUT2D eigenvalue weighted by Crippen LogP contribution is 2.17. The normalized spacial score (nSPS) is 12.7. The number of rotatable bonds is 63. The standard InChI is InChI=1S/C75H130O6/c1-4-7-10-13-16-19-21-23-25-27-29-31-33-35-36-37-38-40-41-43-45-47-49-51-53-56-59-62-65-68-74(77)80-71-72(70-79-73(76)67-64-61-58-55-18-15-12-9-6-3)81-75(78)69-66-63-60-57-54-52-50-48-46-44-42-39-34-32-30-28-26-24-22-20-17-14-11-8-5-2/h7,10,16,19,22-25,28-31,35-36,38,40,72H,4-6,8-9,11-15,17-18,20-21,26-27,32-34,37,39,41-71H2,1-3H3/b10-7-,19-16-,24-22-,25-23-,30-28-,31-29-,36-35-,40-38-. The van der Waals surface area contributed by atoms with Crippen molar-refractivity contribution in [3.8, 4) is 0 Å². The van der Waals surface area contributed by atoms with Crippen molar-refractivity contribution in [2.75, 3.05) is 13.2 Å². The first kappa shape index (κ1) is 77.3. The predicted octanol–water partition coefficient (Wildman–Crippen LogP) is 24.0. The van der Waals surface area contributed by atoms with E-state index in [0.29, 0.717) is 19.3 Å². The lowest BCUT2D eigenvalue weighted by atomic mass is 10.0. The second-order valence-corrected chi connectivity index (χ2v) is 23.1. The molecule has 0 rings (SSSR count). The van der Waals surface area contributed by atoms with E-state index in [1.807, 2.05) is 0 Å². The summed E-state index contributed by atoms with van der Waals surface area (Å²) >= 11 is 0. The maximum Gasteiger partial charge on any atom is 0.306 e. The molecule has 0 saturated carbocycles. The first-order chi connectivity index (χ1) is 40.0. The Balaban J connectivity index is 4.18. The van der Waals surface area contributed by atoms with Gasteiger partial charge in [0.15, 0.2) is 6.10 Å². The van der Waals surface area contributed by atoms with Crippen LogP contribution in [-0.2, 0) is 28.6 Å². The van der Waals surface area contributed by atoms with E-state index in [1.165, 1.54) is 199 Å². The molecule has 0 fully saturated rings. The highest BCUT2D eigenvalue weighted by molar-refractivity contribution is 5.71. The van der Waals surface area contributed by atoms with Gasteiger partial charge < -0.3 is 14.2 Å². The van der Waals surface area contributed by atoms with Crippen molar-refractivity contribution >= 4 is 17.9 Å². The fraction of sp³-hybridized carbons (Fsp3) is 0.747. The van der Waals surface area contributed by atoms with Crippen molar-refractivity contribution in [1.82, 2.24) is 0 Å². The molecule has 81 heavy (non-hydrogen) atoms. The summed E-state index contributed by atoms with van der Waals surface area (Å²) in [5.41, 5.74) is 0. The van der Waals surface area contributed by atoms with Gasteiger partial charge >= 0.3 is 17.9 Å². The van der Waals surface area contributed by atoms with Crippen LogP contribution in [-0.4, -0.2) is 37.2 Å². The zero-order valence-electron chi connectivity index (χ0n) is 53.5. The molecule has 0 aromatic heterocycles. The summed E-state index contributed by atoms with van der Waals surface area (Å²) in [4.78, 5) is 38.3. The summed E-state index contributed by atoms with van der Waals surface area (Å²) in [6.07, 6.45) is 93.0. The van der Waals surface area contributed by atoms with Crippen LogP contribution >= 0.6 is 0 Å². The van der Waals surface area contributed by atoms with E-state index in [-0.39, 0.29) is 31.1 Å². The lowest BCUT2D eigenvalue weighted by molar-refractivity contribution is -0.167. The van der Waals surface area contributed by atoms with Crippen LogP contribution in [0.4, 0.5) is 0 Å². The molecule has 0 aromatic carbocycles. The Hall–Kier alpha value is -3.67. The number of unbranched alkanes of at least 4 members (excludes halogenated alkanes) is 36. The molecule has 1 unspecified atom stereocenters. The predicted molar refractivity (Wildman–Crippen MR) is 353 cm³/mol. The van der Waals surface area contributed by atoms with Gasteiger partial charge in [0.1, 0.15) is 13.2 Å². The molecule has 0 saturated heterocycles. The van der Waals surface area contributed by atoms with Gasteiger partial charge in [-0.05, 0) is 103 Å². The van der Waals surface area contributed by atoms with Crippen LogP contribution in [0.25, 0.3) is 0 Å². The molecule has 6 nitrogen and oxygen atoms in total. The first-order valence-electron chi connectivity index (χ1n) is 34.7. The molecule has 0 N–H and O–H groups in total. The highest BCUT2D eigenvalue weighted by atomic mass is 16.6. The average molecular weight is 1130 g/mol. The molecular weight excluding hydrogens is 997 g/mol. The molecule has 0 radical (unpaired) electrons. The third-order valence-electron chi connectivity index (χ3n) is 15.1. The topological polar surface area (TPSA) is 78.9 Å². The molecule has 6 heteroatoms. The molecular formula is C75H130O6. The Bertz CT molecular complexity index is 1580. The van der Waals surface area contributed by atoms with E-state index in [1.54, 1.807) is 0 Å². The van der Waals surface area contributed by atoms with Crippen molar-refractivity contribution in [2.45, 2.75) is 348 Å². The molecule has 0 aliphatic rings. The first-order valence-corrected chi connectivity index (χ1v) is 34.7. The Morgan fingerprint density at radius 3 is 0.753 bits per heavy atom. The quantitative estimate of drug-likeness (QED) is 0.0261. The molecule has 0 aliphatic heterocycles. The number of carbonyl (C=O) groups is 3. The van der Waals surface area contributed by atoms with Crippen LogP contribution in [0.1, 0.15) is 342 Å². The van der Waals surface area contributed by atoms with Gasteiger partial charge in [0.25, 0.3) is 0 Å². The maximum atomic E-state index is 12.9. The minimum absolute atomic E-state index is 0.0754. The van der Waals surface area contributed by atoms with Crippen LogP contribution in [0.2, 0.25) is 0 Å². The number of esters is 3. The van der Waals surface area contributed by atoms with E-state index < -0.39 is 6.10 Å². The monoisotopic (exact) mass is 1130 g/mol. The third-order valence-corrected chi connectivity index (χ3v) is 15.1. The molecule has 0 heterocycles. The van der Waals surface area contributed by atoms with Gasteiger partial charge in [-0.1, -0.05) is 317 Å². The Labute approximate surface area is 502 Å². The maximum absolute atomic E-state index is 12.9. The summed E-state index contributed by atoms with van der Waals surface area (Å²) in [5, 5.41) is 0. The fourth-order valence-electron chi connectivity index (χ4n) is 9.89. The average Bonchev–Trinajstić information content (AvgIpc) is 3.47. The van der Waals surface area contributed by atoms with Crippen LogP contribution < -0.4 is 0 Å². The zero-order valence-corrected chi connectivity index (χ0v) is 53.5. The lowest BCUT2D eigenvalue weighted by Gasteiger charge is -2.18. The third kappa shape index (κ3) is 67.0. The van der Waals surface area contributed by atoms with Gasteiger partial charge in [-0.2, -0.15) is 0 Å². The van der Waals surface area contributed by atoms with Crippen LogP contribution in [0.5, 0.6) is 0 Å². The van der Waals surface area contributed by atoms with E-state index in [2.05, 4.69) is 118 Å². The molecule has 0 spiro atoms. The second-order valence-electron chi connectivity index (χ2n) is 23.1. The lowest BCUT2D eigenvalue weighted by Crippen LogP contribution is -2.30. The molecule has 466 valence electrons. The van der Waals surface area contributed by atoms with Crippen LogP contribution in [0.15, 0.2) is 97.2 Å². The summed E-state index contributed by atoms with van der Waals surface area (Å²) < 4.78 is 16.9. The van der Waals surface area contributed by atoms with E-state index in [9.17, 15) is 14.4 Å². The second kappa shape index (κ2) is 68.8. The van der Waals surface area contributed by atoms with Gasteiger partial charge in [-0.3, -0.25) is 14.4 Å². The summed E-state index contributed by atoms with van der Waals surface area (Å²) in [6.45, 7) is 6.53. The Morgan fingerprint density at radius 2 is 0.481 bits per heavy atom. The van der Waals surface area contributed by atoms with Crippen LogP contribution in [0, 0.1) is 0 Å². The van der Waals surface area contributed by atoms with Gasteiger partial charge in [0.2, 0.25) is 0 Å². The zero-order chi connectivity index (χ0) is 58.5. The van der Waals surface area contributed by atoms with E-state index in [0.717, 1.165) is 103 Å². The fourth-order valence-corrected chi connectivity index (χ4v) is 9.89. The summed E-state index contributed by atoms with van der Waals surface area (Å²) in [7, 11) is 0. The van der Waals surface area contributed by atoms with Gasteiger partial charge in [-0.25, -0.2) is 0 Å². The van der Waals surface area contributed by atoms with Gasteiger partial charge in [0.05, 0.1) is 0 Å². The smallest absolute Gasteiger partial charge is 0.306 e. The largest absolute Gasteiger partial charge is 0.462 e. The van der Waals surface area contributed by atoms with Crippen molar-refractivity contribution < 1.29 is 28.6 Å². The number of allylic oxidation sites excluding steroid dienone is 16. The highest BCUT2D eigenvalue weighted by Gasteiger charge is 2.19. The number of hydrogen-bond donors (Lipinski definition) is 0. The SMILES string of the molecule is CC/C=C\C/C=C\C/C=C\C/C=C\C/C=C\C/C=C\CCCCCCCCCCCCC(=O)OCC(COC(=O)CCCCCCCCCCC)OC(=O)CCCCCCCCCCCCCCC/C=C\C/C=C\CCCCCCC.